The summed E-state index contributed by atoms with van der Waals surface area (Å²) in [5, 5.41) is 12.3. The van der Waals surface area contributed by atoms with E-state index < -0.39 is 17.7 Å². The lowest BCUT2D eigenvalue weighted by Crippen LogP contribution is -2.30. The van der Waals surface area contributed by atoms with Crippen LogP contribution < -0.4 is 0 Å². The molecule has 4 rings (SSSR count). The highest BCUT2D eigenvalue weighted by Crippen LogP contribution is 2.40. The van der Waals surface area contributed by atoms with Crippen molar-refractivity contribution in [3.05, 3.63) is 93.8 Å². The second kappa shape index (κ2) is 6.65. The largest absolute Gasteiger partial charge is 0.503 e. The lowest BCUT2D eigenvalue weighted by molar-refractivity contribution is -0.130. The van der Waals surface area contributed by atoms with Crippen molar-refractivity contribution in [3.8, 4) is 0 Å². The van der Waals surface area contributed by atoms with Crippen molar-refractivity contribution in [1.29, 1.82) is 0 Å². The molecule has 6 heteroatoms. The van der Waals surface area contributed by atoms with Crippen LogP contribution in [0.15, 0.2) is 82.0 Å². The van der Waals surface area contributed by atoms with Crippen LogP contribution in [0.3, 0.4) is 0 Å². The first-order valence-electron chi connectivity index (χ1n) is 8.06. The maximum Gasteiger partial charge on any atom is 0.290 e. The molecule has 0 radical (unpaired) electrons. The summed E-state index contributed by atoms with van der Waals surface area (Å²) in [5.74, 6) is -0.822. The van der Waals surface area contributed by atoms with Crippen LogP contribution in [0.25, 0.3) is 0 Å². The van der Waals surface area contributed by atoms with Gasteiger partial charge in [-0.05, 0) is 29.1 Å². The molecule has 1 aliphatic heterocycles. The summed E-state index contributed by atoms with van der Waals surface area (Å²) in [6, 6.07) is 15.5. The zero-order valence-electron chi connectivity index (χ0n) is 13.7. The third-order valence-corrected chi connectivity index (χ3v) is 5.18. The van der Waals surface area contributed by atoms with Crippen LogP contribution >= 0.6 is 11.3 Å². The number of carbonyl (C=O) groups is 2. The van der Waals surface area contributed by atoms with Gasteiger partial charge in [0.1, 0.15) is 5.76 Å². The van der Waals surface area contributed by atoms with E-state index >= 15 is 0 Å². The van der Waals surface area contributed by atoms with Gasteiger partial charge >= 0.3 is 0 Å². The number of thiophene rings is 1. The molecule has 1 aromatic carbocycles. The summed E-state index contributed by atoms with van der Waals surface area (Å²) in [7, 11) is 0. The summed E-state index contributed by atoms with van der Waals surface area (Å²) in [6.07, 6.45) is 1.53. The van der Waals surface area contributed by atoms with Gasteiger partial charge in [0.15, 0.2) is 5.76 Å². The molecule has 5 nitrogen and oxygen atoms in total. The fourth-order valence-corrected chi connectivity index (χ4v) is 3.82. The van der Waals surface area contributed by atoms with Gasteiger partial charge in [-0.25, -0.2) is 0 Å². The van der Waals surface area contributed by atoms with Crippen LogP contribution in [-0.4, -0.2) is 21.7 Å². The fraction of sp³-hybridized carbons (Fsp3) is 0.100. The Labute approximate surface area is 153 Å². The van der Waals surface area contributed by atoms with Crippen LogP contribution in [0.5, 0.6) is 0 Å². The molecule has 1 N–H and O–H groups in total. The van der Waals surface area contributed by atoms with Gasteiger partial charge in [0.05, 0.1) is 29.3 Å². The molecule has 0 saturated carbocycles. The predicted molar refractivity (Wildman–Crippen MR) is 96.7 cm³/mol. The number of hydrogen-bond acceptors (Lipinski definition) is 5. The maximum atomic E-state index is 13.0. The number of aliphatic hydroxyl groups excluding tert-OH is 1. The highest BCUT2D eigenvalue weighted by molar-refractivity contribution is 7.12. The Balaban J connectivity index is 1.80. The van der Waals surface area contributed by atoms with E-state index in [0.29, 0.717) is 10.6 Å². The topological polar surface area (TPSA) is 70.8 Å². The van der Waals surface area contributed by atoms with E-state index in [2.05, 4.69) is 0 Å². The molecule has 1 amide bonds. The second-order valence-corrected chi connectivity index (χ2v) is 6.84. The molecule has 0 aliphatic carbocycles. The van der Waals surface area contributed by atoms with Gasteiger partial charge in [-0.15, -0.1) is 11.3 Å². The van der Waals surface area contributed by atoms with E-state index in [1.807, 2.05) is 30.3 Å². The van der Waals surface area contributed by atoms with Crippen LogP contribution in [0.1, 0.15) is 27.0 Å². The van der Waals surface area contributed by atoms with Crippen LogP contribution in [0, 0.1) is 0 Å². The number of hydrogen-bond donors (Lipinski definition) is 1. The van der Waals surface area contributed by atoms with Crippen LogP contribution in [-0.2, 0) is 11.3 Å². The molecule has 0 spiro atoms. The Morgan fingerprint density at radius 2 is 1.92 bits per heavy atom. The van der Waals surface area contributed by atoms with Gasteiger partial charge in [0.2, 0.25) is 5.78 Å². The first kappa shape index (κ1) is 16.4. The number of furan rings is 1. The van der Waals surface area contributed by atoms with Gasteiger partial charge in [0, 0.05) is 0 Å². The summed E-state index contributed by atoms with van der Waals surface area (Å²) in [4.78, 5) is 27.7. The lowest BCUT2D eigenvalue weighted by atomic mass is 9.95. The van der Waals surface area contributed by atoms with Crippen molar-refractivity contribution in [2.24, 2.45) is 0 Å². The standard InChI is InChI=1S/C20H15NO4S/c22-18(15-9-5-11-26-15)16-17(13-6-2-1-3-7-13)21(20(24)19(16)23)12-14-8-4-10-25-14/h1-11,17,23H,12H2/t17-/m1/s1. The molecular formula is C20H15NO4S. The Morgan fingerprint density at radius 3 is 2.58 bits per heavy atom. The molecule has 0 unspecified atom stereocenters. The molecular weight excluding hydrogens is 350 g/mol. The molecule has 3 heterocycles. The highest BCUT2D eigenvalue weighted by Gasteiger charge is 2.44. The van der Waals surface area contributed by atoms with E-state index in [-0.39, 0.29) is 17.9 Å². The molecule has 3 aromatic rings. The Bertz CT molecular complexity index is 959. The predicted octanol–water partition coefficient (Wildman–Crippen LogP) is 4.12. The Morgan fingerprint density at radius 1 is 1.12 bits per heavy atom. The Hall–Kier alpha value is -3.12. The number of carbonyl (C=O) groups excluding carboxylic acids is 2. The number of amides is 1. The summed E-state index contributed by atoms with van der Waals surface area (Å²) >= 11 is 1.28. The average molecular weight is 365 g/mol. The molecule has 1 aliphatic rings. The van der Waals surface area contributed by atoms with E-state index in [4.69, 9.17) is 4.42 Å². The van der Waals surface area contributed by atoms with Gasteiger partial charge in [-0.2, -0.15) is 0 Å². The summed E-state index contributed by atoms with van der Waals surface area (Å²) in [6.45, 7) is 0.163. The molecule has 0 saturated heterocycles. The monoisotopic (exact) mass is 365 g/mol. The molecule has 0 bridgehead atoms. The third-order valence-electron chi connectivity index (χ3n) is 4.31. The zero-order chi connectivity index (χ0) is 18.1. The number of benzene rings is 1. The second-order valence-electron chi connectivity index (χ2n) is 5.89. The normalized spacial score (nSPS) is 17.2. The smallest absolute Gasteiger partial charge is 0.290 e. The number of Topliss-reactive ketones (excluding diaryl/α,β-unsaturated/α-hetero) is 1. The number of ketones is 1. The maximum absolute atomic E-state index is 13.0. The minimum absolute atomic E-state index is 0.107. The Kier molecular flexibility index (Phi) is 4.18. The van der Waals surface area contributed by atoms with Crippen molar-refractivity contribution in [2.45, 2.75) is 12.6 Å². The molecule has 130 valence electrons. The van der Waals surface area contributed by atoms with Crippen molar-refractivity contribution >= 4 is 23.0 Å². The minimum Gasteiger partial charge on any atom is -0.503 e. The quantitative estimate of drug-likeness (QED) is 0.691. The minimum atomic E-state index is -0.664. The van der Waals surface area contributed by atoms with Gasteiger partial charge in [-0.3, -0.25) is 9.59 Å². The van der Waals surface area contributed by atoms with Crippen molar-refractivity contribution in [3.63, 3.8) is 0 Å². The first-order valence-corrected chi connectivity index (χ1v) is 8.94. The van der Waals surface area contributed by atoms with Crippen molar-refractivity contribution < 1.29 is 19.1 Å². The number of nitrogens with zero attached hydrogens (tertiary/aromatic N) is 1. The fourth-order valence-electron chi connectivity index (χ4n) is 3.14. The number of aliphatic hydroxyl groups is 1. The van der Waals surface area contributed by atoms with E-state index in [1.165, 1.54) is 22.5 Å². The zero-order valence-corrected chi connectivity index (χ0v) is 14.5. The average Bonchev–Trinajstić information content (AvgIpc) is 3.40. The van der Waals surface area contributed by atoms with E-state index in [0.717, 1.165) is 5.56 Å². The van der Waals surface area contributed by atoms with Gasteiger partial charge in [-0.1, -0.05) is 36.4 Å². The van der Waals surface area contributed by atoms with Gasteiger partial charge in [0.25, 0.3) is 5.91 Å². The molecule has 26 heavy (non-hydrogen) atoms. The van der Waals surface area contributed by atoms with E-state index in [9.17, 15) is 14.7 Å². The lowest BCUT2D eigenvalue weighted by Gasteiger charge is -2.25. The SMILES string of the molecule is O=C(C1=C(O)C(=O)N(Cc2ccco2)[C@@H]1c1ccccc1)c1cccs1. The third kappa shape index (κ3) is 2.74. The van der Waals surface area contributed by atoms with Crippen molar-refractivity contribution in [2.75, 3.05) is 0 Å². The summed E-state index contributed by atoms with van der Waals surface area (Å²) < 4.78 is 5.35. The number of rotatable bonds is 5. The molecule has 2 aromatic heterocycles. The van der Waals surface area contributed by atoms with Crippen LogP contribution in [0.2, 0.25) is 0 Å². The summed E-state index contributed by atoms with van der Waals surface area (Å²) in [5.41, 5.74) is 0.867. The molecule has 1 atom stereocenters. The van der Waals surface area contributed by atoms with E-state index in [1.54, 1.807) is 29.6 Å². The first-order chi connectivity index (χ1) is 12.7. The highest BCUT2D eigenvalue weighted by atomic mass is 32.1. The van der Waals surface area contributed by atoms with Crippen molar-refractivity contribution in [1.82, 2.24) is 4.90 Å². The van der Waals surface area contributed by atoms with Crippen LogP contribution in [0.4, 0.5) is 0 Å². The molecule has 0 fully saturated rings. The van der Waals surface area contributed by atoms with Gasteiger partial charge < -0.3 is 14.4 Å².